The Morgan fingerprint density at radius 1 is 1.17 bits per heavy atom. The van der Waals surface area contributed by atoms with Crippen LogP contribution in [0.15, 0.2) is 30.3 Å². The molecule has 1 aromatic rings. The molecular weight excluding hydrogens is 382 g/mol. The van der Waals surface area contributed by atoms with Crippen molar-refractivity contribution in [3.63, 3.8) is 0 Å². The lowest BCUT2D eigenvalue weighted by Crippen LogP contribution is -2.64. The largest absolute Gasteiger partial charge is 0.439 e. The van der Waals surface area contributed by atoms with Crippen LogP contribution in [0.1, 0.15) is 25.8 Å². The molecule has 0 spiro atoms. The fraction of sp³-hybridized carbons (Fsp3) is 0.550. The zero-order chi connectivity index (χ0) is 21.6. The maximum Gasteiger partial charge on any atom is 0.408 e. The summed E-state index contributed by atoms with van der Waals surface area (Å²) in [7, 11) is 0. The summed E-state index contributed by atoms with van der Waals surface area (Å²) in [6, 6.07) is 8.28. The first kappa shape index (κ1) is 23.0. The second-order valence-electron chi connectivity index (χ2n) is 7.29. The van der Waals surface area contributed by atoms with E-state index in [9.17, 15) is 29.7 Å². The molecule has 4 N–H and O–H groups in total. The first-order chi connectivity index (χ1) is 13.7. The van der Waals surface area contributed by atoms with Crippen molar-refractivity contribution in [1.29, 1.82) is 0 Å². The van der Waals surface area contributed by atoms with Gasteiger partial charge in [0.25, 0.3) is 0 Å². The number of benzene rings is 1. The van der Waals surface area contributed by atoms with Gasteiger partial charge in [-0.15, -0.1) is 0 Å². The van der Waals surface area contributed by atoms with E-state index in [1.165, 1.54) is 6.92 Å². The molecule has 1 aromatic carbocycles. The average molecular weight is 409 g/mol. The molecule has 0 aromatic heterocycles. The van der Waals surface area contributed by atoms with Crippen molar-refractivity contribution in [3.05, 3.63) is 35.9 Å². The number of alkyl carbamates (subject to hydrolysis) is 1. The summed E-state index contributed by atoms with van der Waals surface area (Å²) in [4.78, 5) is 35.1. The van der Waals surface area contributed by atoms with E-state index < -0.39 is 42.8 Å². The minimum Gasteiger partial charge on any atom is -0.439 e. The number of amides is 1. The molecule has 1 amide bonds. The molecule has 1 fully saturated rings. The second-order valence-corrected chi connectivity index (χ2v) is 7.29. The van der Waals surface area contributed by atoms with Crippen LogP contribution in [-0.4, -0.2) is 70.2 Å². The Labute approximate surface area is 168 Å². The number of rotatable bonds is 8. The SMILES string of the molecule is C[C@H](CC(=O)[C@@H](C)OC(=O)N[C@H]1C(O)O[C@H](C=O)[C@@H](O)[C@@H]1O)Cc1ccccc1. The Hall–Kier alpha value is -2.33. The van der Waals surface area contributed by atoms with Gasteiger partial charge in [0.05, 0.1) is 0 Å². The first-order valence-electron chi connectivity index (χ1n) is 9.41. The molecule has 1 aliphatic rings. The number of hydrogen-bond donors (Lipinski definition) is 4. The van der Waals surface area contributed by atoms with Gasteiger partial charge >= 0.3 is 6.09 Å². The highest BCUT2D eigenvalue weighted by molar-refractivity contribution is 5.85. The van der Waals surface area contributed by atoms with E-state index >= 15 is 0 Å². The molecule has 9 nitrogen and oxygen atoms in total. The summed E-state index contributed by atoms with van der Waals surface area (Å²) in [5.74, 6) is -0.226. The van der Waals surface area contributed by atoms with Gasteiger partial charge in [-0.3, -0.25) is 4.79 Å². The number of ketones is 1. The summed E-state index contributed by atoms with van der Waals surface area (Å²) < 4.78 is 9.86. The minimum absolute atomic E-state index is 0.0461. The lowest BCUT2D eigenvalue weighted by Gasteiger charge is -2.38. The highest BCUT2D eigenvalue weighted by atomic mass is 16.6. The van der Waals surface area contributed by atoms with Crippen molar-refractivity contribution in [2.45, 2.75) is 63.4 Å². The maximum atomic E-state index is 12.3. The zero-order valence-electron chi connectivity index (χ0n) is 16.3. The molecule has 160 valence electrons. The molecule has 1 heterocycles. The summed E-state index contributed by atoms with van der Waals surface area (Å²) in [6.07, 6.45) is -7.38. The molecule has 0 radical (unpaired) electrons. The molecular formula is C20H27NO8. The fourth-order valence-corrected chi connectivity index (χ4v) is 3.17. The zero-order valence-corrected chi connectivity index (χ0v) is 16.3. The van der Waals surface area contributed by atoms with Gasteiger partial charge in [0.15, 0.2) is 24.5 Å². The lowest BCUT2D eigenvalue weighted by molar-refractivity contribution is -0.237. The van der Waals surface area contributed by atoms with Gasteiger partial charge in [-0.2, -0.15) is 0 Å². The van der Waals surface area contributed by atoms with E-state index in [0.717, 1.165) is 5.56 Å². The smallest absolute Gasteiger partial charge is 0.408 e. The number of nitrogens with one attached hydrogen (secondary N) is 1. The predicted molar refractivity (Wildman–Crippen MR) is 101 cm³/mol. The molecule has 7 atom stereocenters. The van der Waals surface area contributed by atoms with Crippen molar-refractivity contribution in [2.24, 2.45) is 5.92 Å². The molecule has 0 aliphatic carbocycles. The Morgan fingerprint density at radius 3 is 2.45 bits per heavy atom. The summed E-state index contributed by atoms with van der Waals surface area (Å²) in [6.45, 7) is 3.35. The van der Waals surface area contributed by atoms with Crippen LogP contribution < -0.4 is 5.32 Å². The molecule has 1 saturated heterocycles. The van der Waals surface area contributed by atoms with Gasteiger partial charge in [-0.25, -0.2) is 4.79 Å². The van der Waals surface area contributed by atoms with Crippen molar-refractivity contribution in [1.82, 2.24) is 5.32 Å². The van der Waals surface area contributed by atoms with Crippen LogP contribution in [0, 0.1) is 5.92 Å². The van der Waals surface area contributed by atoms with Gasteiger partial charge in [0.1, 0.15) is 24.4 Å². The molecule has 2 rings (SSSR count). The molecule has 1 unspecified atom stereocenters. The molecule has 29 heavy (non-hydrogen) atoms. The standard InChI is InChI=1S/C20H27NO8/c1-11(8-13-6-4-3-5-7-13)9-14(23)12(2)28-20(27)21-16-18(25)17(24)15(10-22)29-19(16)26/h3-7,10-12,15-19,24-26H,8-9H2,1-2H3,(H,21,27)/t11-,12+,15+,16+,17+,18+,19?/m0/s1. The summed E-state index contributed by atoms with van der Waals surface area (Å²) in [5.41, 5.74) is 1.10. The quantitative estimate of drug-likeness (QED) is 0.438. The molecule has 1 aliphatic heterocycles. The number of aliphatic hydroxyl groups is 3. The van der Waals surface area contributed by atoms with Crippen LogP contribution in [0.25, 0.3) is 0 Å². The predicted octanol–water partition coefficient (Wildman–Crippen LogP) is -0.0544. The number of Topliss-reactive ketones (excluding diaryl/α,β-unsaturated/α-hetero) is 1. The van der Waals surface area contributed by atoms with Gasteiger partial charge in [-0.1, -0.05) is 37.3 Å². The topological polar surface area (TPSA) is 142 Å². The Balaban J connectivity index is 1.83. The van der Waals surface area contributed by atoms with Crippen LogP contribution in [0.3, 0.4) is 0 Å². The van der Waals surface area contributed by atoms with Crippen LogP contribution in [0.2, 0.25) is 0 Å². The number of hydrogen-bond acceptors (Lipinski definition) is 8. The number of carbonyl (C=O) groups excluding carboxylic acids is 3. The molecule has 9 heteroatoms. The Kier molecular flexibility index (Phi) is 8.27. The van der Waals surface area contributed by atoms with E-state index in [1.54, 1.807) is 0 Å². The van der Waals surface area contributed by atoms with Crippen LogP contribution >= 0.6 is 0 Å². The van der Waals surface area contributed by atoms with Gasteiger partial charge in [0, 0.05) is 6.42 Å². The van der Waals surface area contributed by atoms with Crippen LogP contribution in [-0.2, 0) is 25.5 Å². The van der Waals surface area contributed by atoms with E-state index in [2.05, 4.69) is 5.32 Å². The van der Waals surface area contributed by atoms with Crippen molar-refractivity contribution in [2.75, 3.05) is 0 Å². The highest BCUT2D eigenvalue weighted by Crippen LogP contribution is 2.19. The van der Waals surface area contributed by atoms with Gasteiger partial charge in [0.2, 0.25) is 0 Å². The third-order valence-electron chi connectivity index (χ3n) is 4.79. The minimum atomic E-state index is -1.73. The van der Waals surface area contributed by atoms with Crippen molar-refractivity contribution in [3.8, 4) is 0 Å². The fourth-order valence-electron chi connectivity index (χ4n) is 3.17. The van der Waals surface area contributed by atoms with Crippen molar-refractivity contribution < 1.29 is 39.2 Å². The maximum absolute atomic E-state index is 12.3. The summed E-state index contributed by atoms with van der Waals surface area (Å²) >= 11 is 0. The Morgan fingerprint density at radius 2 is 1.83 bits per heavy atom. The number of carbonyl (C=O) groups is 3. The van der Waals surface area contributed by atoms with Gasteiger partial charge in [-0.05, 0) is 24.8 Å². The van der Waals surface area contributed by atoms with Crippen LogP contribution in [0.5, 0.6) is 0 Å². The van der Waals surface area contributed by atoms with E-state index in [0.29, 0.717) is 6.42 Å². The van der Waals surface area contributed by atoms with E-state index in [1.807, 2.05) is 37.3 Å². The second kappa shape index (κ2) is 10.4. The Bertz CT molecular complexity index is 697. The first-order valence-corrected chi connectivity index (χ1v) is 9.41. The van der Waals surface area contributed by atoms with Crippen LogP contribution in [0.4, 0.5) is 4.79 Å². The lowest BCUT2D eigenvalue weighted by atomic mass is 9.95. The van der Waals surface area contributed by atoms with E-state index in [-0.39, 0.29) is 24.4 Å². The normalized spacial score (nSPS) is 28.8. The third-order valence-corrected chi connectivity index (χ3v) is 4.79. The monoisotopic (exact) mass is 409 g/mol. The third kappa shape index (κ3) is 6.33. The van der Waals surface area contributed by atoms with Crippen molar-refractivity contribution >= 4 is 18.2 Å². The number of ether oxygens (including phenoxy) is 2. The molecule has 0 bridgehead atoms. The number of aldehydes is 1. The van der Waals surface area contributed by atoms with E-state index in [4.69, 9.17) is 9.47 Å². The summed E-state index contributed by atoms with van der Waals surface area (Å²) in [5, 5.41) is 31.7. The average Bonchev–Trinajstić information content (AvgIpc) is 2.68. The van der Waals surface area contributed by atoms with Gasteiger partial charge < -0.3 is 34.9 Å². The number of aliphatic hydroxyl groups excluding tert-OH is 3. The molecule has 0 saturated carbocycles. The highest BCUT2D eigenvalue weighted by Gasteiger charge is 2.45.